The van der Waals surface area contributed by atoms with Gasteiger partial charge in [0.15, 0.2) is 0 Å². The first-order valence-corrected chi connectivity index (χ1v) is 3.87. The molecule has 1 rings (SSSR count). The molecule has 1 N–H and O–H groups in total. The molecule has 0 saturated carbocycles. The Morgan fingerprint density at radius 2 is 1.92 bits per heavy atom. The molecule has 0 atom stereocenters. The van der Waals surface area contributed by atoms with Crippen LogP contribution in [0.3, 0.4) is 0 Å². The van der Waals surface area contributed by atoms with Crippen molar-refractivity contribution in [1.29, 1.82) is 0 Å². The average molecular weight is 185 g/mol. The number of aliphatic hydroxyl groups excluding tert-OH is 1. The number of nitrogens with zero attached hydrogens (tertiary/aromatic N) is 3. The highest BCUT2D eigenvalue weighted by Crippen LogP contribution is 1.94. The largest absolute Gasteiger partial charge is 0.461 e. The van der Waals surface area contributed by atoms with Gasteiger partial charge in [-0.2, -0.15) is 9.97 Å². The molecule has 1 aromatic heterocycles. The van der Waals surface area contributed by atoms with Crippen molar-refractivity contribution in [3.63, 3.8) is 0 Å². The van der Waals surface area contributed by atoms with Crippen molar-refractivity contribution in [1.82, 2.24) is 15.0 Å². The summed E-state index contributed by atoms with van der Waals surface area (Å²) in [6, 6.07) is 0.280. The van der Waals surface area contributed by atoms with Crippen molar-refractivity contribution in [2.75, 3.05) is 26.4 Å². The minimum Gasteiger partial charge on any atom is -0.461 e. The summed E-state index contributed by atoms with van der Waals surface area (Å²) in [6.07, 6.45) is 2.72. The Morgan fingerprint density at radius 3 is 2.62 bits per heavy atom. The van der Waals surface area contributed by atoms with Gasteiger partial charge in [0.05, 0.1) is 19.8 Å². The Morgan fingerprint density at radius 1 is 1.15 bits per heavy atom. The number of hydrogen-bond donors (Lipinski definition) is 1. The van der Waals surface area contributed by atoms with Crippen LogP contribution in [-0.2, 0) is 4.74 Å². The number of ether oxygens (including phenoxy) is 2. The zero-order valence-electron chi connectivity index (χ0n) is 7.09. The van der Waals surface area contributed by atoms with E-state index in [2.05, 4.69) is 15.0 Å². The Kier molecular flexibility index (Phi) is 4.73. The maximum atomic E-state index is 8.38. The summed E-state index contributed by atoms with van der Waals surface area (Å²) in [5, 5.41) is 8.38. The number of aliphatic hydroxyl groups is 1. The van der Waals surface area contributed by atoms with Crippen LogP contribution >= 0.6 is 0 Å². The average Bonchev–Trinajstić information content (AvgIpc) is 2.19. The van der Waals surface area contributed by atoms with Crippen molar-refractivity contribution in [2.24, 2.45) is 0 Å². The van der Waals surface area contributed by atoms with Gasteiger partial charge < -0.3 is 14.6 Å². The van der Waals surface area contributed by atoms with Gasteiger partial charge in [0.2, 0.25) is 0 Å². The van der Waals surface area contributed by atoms with Crippen LogP contribution in [0.15, 0.2) is 12.7 Å². The van der Waals surface area contributed by atoms with Crippen molar-refractivity contribution in [3.8, 4) is 6.01 Å². The smallest absolute Gasteiger partial charge is 0.319 e. The van der Waals surface area contributed by atoms with Gasteiger partial charge >= 0.3 is 6.01 Å². The van der Waals surface area contributed by atoms with Gasteiger partial charge in [0.25, 0.3) is 0 Å². The van der Waals surface area contributed by atoms with Crippen LogP contribution in [0.25, 0.3) is 0 Å². The fourth-order valence-corrected chi connectivity index (χ4v) is 0.662. The highest BCUT2D eigenvalue weighted by Gasteiger charge is 1.94. The van der Waals surface area contributed by atoms with Gasteiger partial charge in [-0.1, -0.05) is 0 Å². The molecule has 6 heteroatoms. The van der Waals surface area contributed by atoms with E-state index in [4.69, 9.17) is 14.6 Å². The first-order valence-electron chi connectivity index (χ1n) is 3.87. The second kappa shape index (κ2) is 6.27. The molecule has 0 unspecified atom stereocenters. The second-order valence-electron chi connectivity index (χ2n) is 2.11. The second-order valence-corrected chi connectivity index (χ2v) is 2.11. The Bertz CT molecular complexity index is 219. The summed E-state index contributed by atoms with van der Waals surface area (Å²) in [5.41, 5.74) is 0. The lowest BCUT2D eigenvalue weighted by atomic mass is 10.7. The maximum absolute atomic E-state index is 8.38. The zero-order chi connectivity index (χ0) is 9.36. The van der Waals surface area contributed by atoms with Crippen LogP contribution in [0.5, 0.6) is 6.01 Å². The molecule has 72 valence electrons. The molecular formula is C7H11N3O3. The van der Waals surface area contributed by atoms with E-state index in [0.717, 1.165) is 0 Å². The number of hydrogen-bond acceptors (Lipinski definition) is 6. The van der Waals surface area contributed by atoms with Crippen molar-refractivity contribution in [2.45, 2.75) is 0 Å². The molecule has 0 spiro atoms. The monoisotopic (exact) mass is 185 g/mol. The van der Waals surface area contributed by atoms with E-state index >= 15 is 0 Å². The van der Waals surface area contributed by atoms with Crippen LogP contribution in [0.2, 0.25) is 0 Å². The number of rotatable bonds is 6. The summed E-state index contributed by atoms with van der Waals surface area (Å²) in [7, 11) is 0. The fourth-order valence-electron chi connectivity index (χ4n) is 0.662. The van der Waals surface area contributed by atoms with Crippen molar-refractivity contribution >= 4 is 0 Å². The van der Waals surface area contributed by atoms with E-state index in [0.29, 0.717) is 19.8 Å². The molecule has 0 aliphatic carbocycles. The first kappa shape index (κ1) is 9.82. The van der Waals surface area contributed by atoms with Crippen LogP contribution < -0.4 is 4.74 Å². The quantitative estimate of drug-likeness (QED) is 0.588. The minimum absolute atomic E-state index is 0.0196. The van der Waals surface area contributed by atoms with Gasteiger partial charge in [-0.15, -0.1) is 0 Å². The van der Waals surface area contributed by atoms with Gasteiger partial charge in [-0.3, -0.25) is 0 Å². The summed E-state index contributed by atoms with van der Waals surface area (Å²) in [5.74, 6) is 0. The third-order valence-electron chi connectivity index (χ3n) is 1.16. The van der Waals surface area contributed by atoms with Crippen molar-refractivity contribution < 1.29 is 14.6 Å². The highest BCUT2D eigenvalue weighted by atomic mass is 16.5. The fraction of sp³-hybridized carbons (Fsp3) is 0.571. The third kappa shape index (κ3) is 4.34. The topological polar surface area (TPSA) is 77.4 Å². The van der Waals surface area contributed by atoms with Crippen LogP contribution in [-0.4, -0.2) is 46.5 Å². The maximum Gasteiger partial charge on any atom is 0.319 e. The molecule has 0 aliphatic rings. The minimum atomic E-state index is 0.0196. The van der Waals surface area contributed by atoms with Crippen molar-refractivity contribution in [3.05, 3.63) is 12.7 Å². The summed E-state index contributed by atoms with van der Waals surface area (Å²) in [4.78, 5) is 11.1. The molecule has 0 bridgehead atoms. The summed E-state index contributed by atoms with van der Waals surface area (Å²) < 4.78 is 10.0. The molecule has 0 aliphatic heterocycles. The van der Waals surface area contributed by atoms with Gasteiger partial charge in [0.1, 0.15) is 19.3 Å². The van der Waals surface area contributed by atoms with Crippen LogP contribution in [0.4, 0.5) is 0 Å². The molecule has 6 nitrogen and oxygen atoms in total. The normalized spacial score (nSPS) is 9.92. The molecule has 0 aromatic carbocycles. The van der Waals surface area contributed by atoms with Gasteiger partial charge in [0, 0.05) is 0 Å². The third-order valence-corrected chi connectivity index (χ3v) is 1.16. The lowest BCUT2D eigenvalue weighted by Crippen LogP contribution is -2.10. The molecule has 0 amide bonds. The molecule has 0 saturated heterocycles. The molecule has 1 aromatic rings. The predicted molar refractivity (Wildman–Crippen MR) is 43.2 cm³/mol. The molecular weight excluding hydrogens is 174 g/mol. The molecule has 0 fully saturated rings. The van der Waals surface area contributed by atoms with E-state index in [1.807, 2.05) is 0 Å². The van der Waals surface area contributed by atoms with Crippen LogP contribution in [0.1, 0.15) is 0 Å². The van der Waals surface area contributed by atoms with E-state index in [-0.39, 0.29) is 12.6 Å². The summed E-state index contributed by atoms with van der Waals surface area (Å²) in [6.45, 7) is 1.11. The van der Waals surface area contributed by atoms with E-state index in [1.165, 1.54) is 12.7 Å². The lowest BCUT2D eigenvalue weighted by molar-refractivity contribution is 0.0683. The molecule has 13 heavy (non-hydrogen) atoms. The van der Waals surface area contributed by atoms with E-state index in [9.17, 15) is 0 Å². The van der Waals surface area contributed by atoms with Crippen LogP contribution in [0, 0.1) is 0 Å². The summed E-state index contributed by atoms with van der Waals surface area (Å²) >= 11 is 0. The predicted octanol–water partition coefficient (Wildman–Crippen LogP) is -0.741. The Balaban J connectivity index is 2.07. The van der Waals surface area contributed by atoms with Gasteiger partial charge in [-0.05, 0) is 0 Å². The lowest BCUT2D eigenvalue weighted by Gasteiger charge is -2.03. The standard InChI is InChI=1S/C7H11N3O3/c11-1-2-12-3-4-13-7-9-5-8-6-10-7/h5-6,11H,1-4H2. The van der Waals surface area contributed by atoms with Gasteiger partial charge in [-0.25, -0.2) is 4.98 Å². The Hall–Kier alpha value is -1.27. The number of aromatic nitrogens is 3. The first-order chi connectivity index (χ1) is 6.43. The van der Waals surface area contributed by atoms with E-state index in [1.54, 1.807) is 0 Å². The Labute approximate surface area is 75.6 Å². The van der Waals surface area contributed by atoms with E-state index < -0.39 is 0 Å². The SMILES string of the molecule is OCCOCCOc1ncncn1. The highest BCUT2D eigenvalue weighted by molar-refractivity contribution is 4.86. The molecule has 1 heterocycles. The molecule has 0 radical (unpaired) electrons. The zero-order valence-corrected chi connectivity index (χ0v) is 7.09.